The van der Waals surface area contributed by atoms with Crippen molar-refractivity contribution in [1.82, 2.24) is 10.3 Å². The number of nitrogens with one attached hydrogen (secondary N) is 2. The Kier molecular flexibility index (Phi) is 4.58. The molecule has 1 atom stereocenters. The first-order chi connectivity index (χ1) is 11.8. The molecule has 0 aliphatic carbocycles. The summed E-state index contributed by atoms with van der Waals surface area (Å²) < 4.78 is 27.7. The number of hydrogen-bond acceptors (Lipinski definition) is 6. The van der Waals surface area contributed by atoms with Crippen LogP contribution in [0.5, 0.6) is 0 Å². The number of hydrogen-bond donors (Lipinski definition) is 2. The van der Waals surface area contributed by atoms with Crippen LogP contribution in [-0.2, 0) is 19.4 Å². The Morgan fingerprint density at radius 2 is 2.04 bits per heavy atom. The Balaban J connectivity index is 1.65. The van der Waals surface area contributed by atoms with Crippen LogP contribution < -0.4 is 10.9 Å². The molecule has 0 saturated carbocycles. The zero-order chi connectivity index (χ0) is 18.0. The van der Waals surface area contributed by atoms with Crippen molar-refractivity contribution in [2.45, 2.75) is 12.5 Å². The molecule has 1 aliphatic heterocycles. The monoisotopic (exact) mass is 364 g/mol. The summed E-state index contributed by atoms with van der Waals surface area (Å²) in [5.41, 5.74) is 0.101. The zero-order valence-electron chi connectivity index (χ0n) is 13.2. The van der Waals surface area contributed by atoms with Gasteiger partial charge in [-0.05, 0) is 12.5 Å². The predicted octanol–water partition coefficient (Wildman–Crippen LogP) is -0.0118. The summed E-state index contributed by atoms with van der Waals surface area (Å²) in [4.78, 5) is 38.3. The number of aromatic amines is 1. The highest BCUT2D eigenvalue weighted by molar-refractivity contribution is 7.91. The molecule has 1 aromatic carbocycles. The van der Waals surface area contributed by atoms with Gasteiger partial charge < -0.3 is 15.0 Å². The number of pyridine rings is 1. The van der Waals surface area contributed by atoms with E-state index in [-0.39, 0.29) is 17.1 Å². The third-order valence-corrected chi connectivity index (χ3v) is 5.67. The number of fused-ring (bicyclic) bond motifs is 1. The normalized spacial score (nSPS) is 18.8. The Morgan fingerprint density at radius 1 is 1.28 bits per heavy atom. The van der Waals surface area contributed by atoms with Gasteiger partial charge in [-0.25, -0.2) is 13.2 Å². The first-order valence-electron chi connectivity index (χ1n) is 7.63. The molecular formula is C16H16N2O6S. The average Bonchev–Trinajstić information content (AvgIpc) is 2.90. The van der Waals surface area contributed by atoms with Crippen LogP contribution in [0.15, 0.2) is 35.1 Å². The maximum atomic E-state index is 12.2. The smallest absolute Gasteiger partial charge is 0.339 e. The van der Waals surface area contributed by atoms with Gasteiger partial charge in [-0.15, -0.1) is 0 Å². The fraction of sp³-hybridized carbons (Fsp3) is 0.312. The highest BCUT2D eigenvalue weighted by Gasteiger charge is 2.29. The van der Waals surface area contributed by atoms with Crippen LogP contribution in [0.1, 0.15) is 16.8 Å². The minimum atomic E-state index is -3.11. The number of esters is 1. The van der Waals surface area contributed by atoms with Crippen molar-refractivity contribution in [2.75, 3.05) is 18.1 Å². The van der Waals surface area contributed by atoms with Gasteiger partial charge in [0.25, 0.3) is 5.91 Å². The molecule has 2 heterocycles. The largest absolute Gasteiger partial charge is 0.452 e. The Bertz CT molecular complexity index is 995. The molecule has 1 saturated heterocycles. The molecule has 1 amide bonds. The number of benzene rings is 1. The number of carbonyl (C=O) groups is 2. The van der Waals surface area contributed by atoms with E-state index in [0.717, 1.165) is 6.07 Å². The molecule has 2 N–H and O–H groups in total. The van der Waals surface area contributed by atoms with Crippen molar-refractivity contribution < 1.29 is 22.7 Å². The van der Waals surface area contributed by atoms with Gasteiger partial charge in [0.1, 0.15) is 0 Å². The maximum absolute atomic E-state index is 12.2. The van der Waals surface area contributed by atoms with Gasteiger partial charge in [0.05, 0.1) is 17.1 Å². The molecule has 0 bridgehead atoms. The molecule has 8 nitrogen and oxygen atoms in total. The molecule has 1 aromatic heterocycles. The molecule has 132 valence electrons. The zero-order valence-corrected chi connectivity index (χ0v) is 14.0. The molecule has 1 fully saturated rings. The lowest BCUT2D eigenvalue weighted by Gasteiger charge is -2.11. The van der Waals surface area contributed by atoms with Crippen LogP contribution in [-0.4, -0.2) is 49.4 Å². The van der Waals surface area contributed by atoms with Crippen molar-refractivity contribution in [3.05, 3.63) is 46.2 Å². The van der Waals surface area contributed by atoms with E-state index in [9.17, 15) is 22.8 Å². The van der Waals surface area contributed by atoms with Gasteiger partial charge in [-0.2, -0.15) is 0 Å². The van der Waals surface area contributed by atoms with Crippen LogP contribution in [0.2, 0.25) is 0 Å². The lowest BCUT2D eigenvalue weighted by molar-refractivity contribution is -0.124. The number of aromatic nitrogens is 1. The van der Waals surface area contributed by atoms with E-state index in [1.165, 1.54) is 0 Å². The van der Waals surface area contributed by atoms with E-state index in [2.05, 4.69) is 10.3 Å². The Hall–Kier alpha value is -2.68. The number of amides is 1. The summed E-state index contributed by atoms with van der Waals surface area (Å²) in [6, 6.07) is 7.40. The molecular weight excluding hydrogens is 348 g/mol. The summed E-state index contributed by atoms with van der Waals surface area (Å²) in [6.45, 7) is -0.545. The topological polar surface area (TPSA) is 122 Å². The molecule has 0 radical (unpaired) electrons. The average molecular weight is 364 g/mol. The minimum absolute atomic E-state index is 0.0382. The molecule has 0 spiro atoms. The second kappa shape index (κ2) is 6.67. The van der Waals surface area contributed by atoms with Crippen LogP contribution in [0.3, 0.4) is 0 Å². The summed E-state index contributed by atoms with van der Waals surface area (Å²) in [7, 11) is -3.11. The van der Waals surface area contributed by atoms with Gasteiger partial charge in [0.2, 0.25) is 5.56 Å². The van der Waals surface area contributed by atoms with Crippen LogP contribution in [0, 0.1) is 0 Å². The van der Waals surface area contributed by atoms with Crippen LogP contribution in [0.25, 0.3) is 10.9 Å². The lowest BCUT2D eigenvalue weighted by atomic mass is 10.1. The van der Waals surface area contributed by atoms with Gasteiger partial charge >= 0.3 is 5.97 Å². The molecule has 3 rings (SSSR count). The number of rotatable bonds is 4. The summed E-state index contributed by atoms with van der Waals surface area (Å²) in [5.74, 6) is -1.44. The van der Waals surface area contributed by atoms with Crippen LogP contribution in [0.4, 0.5) is 0 Å². The number of H-pyrrole nitrogens is 1. The highest BCUT2D eigenvalue weighted by Crippen LogP contribution is 2.15. The number of ether oxygens (including phenoxy) is 1. The molecule has 25 heavy (non-hydrogen) atoms. The van der Waals surface area contributed by atoms with E-state index >= 15 is 0 Å². The van der Waals surface area contributed by atoms with Gasteiger partial charge in [-0.1, -0.05) is 18.2 Å². The maximum Gasteiger partial charge on any atom is 0.339 e. The van der Waals surface area contributed by atoms with E-state index in [1.807, 2.05) is 0 Å². The minimum Gasteiger partial charge on any atom is -0.452 e. The predicted molar refractivity (Wildman–Crippen MR) is 90.1 cm³/mol. The molecule has 2 aromatic rings. The van der Waals surface area contributed by atoms with Crippen molar-refractivity contribution in [3.8, 4) is 0 Å². The third-order valence-electron chi connectivity index (χ3n) is 3.90. The quantitative estimate of drug-likeness (QED) is 0.736. The van der Waals surface area contributed by atoms with E-state index < -0.39 is 39.9 Å². The SMILES string of the molecule is O=C(COC(=O)c1cc(=O)[nH]c2ccccc12)NC1CCS(=O)(=O)C1. The fourth-order valence-corrected chi connectivity index (χ4v) is 4.43. The fourth-order valence-electron chi connectivity index (χ4n) is 2.76. The summed E-state index contributed by atoms with van der Waals surface area (Å²) >= 11 is 0. The van der Waals surface area contributed by atoms with E-state index in [1.54, 1.807) is 24.3 Å². The first kappa shape index (κ1) is 17.2. The number of sulfone groups is 1. The third kappa shape index (κ3) is 4.05. The summed E-state index contributed by atoms with van der Waals surface area (Å²) in [5, 5.41) is 3.04. The highest BCUT2D eigenvalue weighted by atomic mass is 32.2. The molecule has 9 heteroatoms. The second-order valence-corrected chi connectivity index (χ2v) is 8.07. The van der Waals surface area contributed by atoms with E-state index in [0.29, 0.717) is 17.3 Å². The molecule has 1 unspecified atom stereocenters. The van der Waals surface area contributed by atoms with Gasteiger partial charge in [0.15, 0.2) is 16.4 Å². The number of para-hydroxylation sites is 1. The first-order valence-corrected chi connectivity index (χ1v) is 9.45. The van der Waals surface area contributed by atoms with Gasteiger partial charge in [-0.3, -0.25) is 9.59 Å². The summed E-state index contributed by atoms with van der Waals surface area (Å²) in [6.07, 6.45) is 0.348. The standard InChI is InChI=1S/C16H16N2O6S/c19-14-7-12(11-3-1-2-4-13(11)18-14)16(21)24-8-15(20)17-10-5-6-25(22,23)9-10/h1-4,7,10H,5-6,8-9H2,(H,17,20)(H,18,19). The molecule has 1 aliphatic rings. The lowest BCUT2D eigenvalue weighted by Crippen LogP contribution is -2.38. The second-order valence-electron chi connectivity index (χ2n) is 5.84. The van der Waals surface area contributed by atoms with Gasteiger partial charge in [0, 0.05) is 23.0 Å². The number of carbonyl (C=O) groups excluding carboxylic acids is 2. The Morgan fingerprint density at radius 3 is 2.76 bits per heavy atom. The van der Waals surface area contributed by atoms with E-state index in [4.69, 9.17) is 4.74 Å². The van der Waals surface area contributed by atoms with Crippen molar-refractivity contribution in [3.63, 3.8) is 0 Å². The van der Waals surface area contributed by atoms with Crippen LogP contribution >= 0.6 is 0 Å². The Labute approximate surface area is 143 Å². The van der Waals surface area contributed by atoms with Crippen molar-refractivity contribution >= 4 is 32.6 Å². The van der Waals surface area contributed by atoms with Crippen molar-refractivity contribution in [1.29, 1.82) is 0 Å². The van der Waals surface area contributed by atoms with Crippen molar-refractivity contribution in [2.24, 2.45) is 0 Å².